The number of hydrogen-bond acceptors (Lipinski definition) is 4. The SMILES string of the molecule is O=C(COc1c(F)c(F)c(F)c(F)c1F)Nc1ccc2oc(-c3ccccc3F)cc(=O)c2c1. The number of rotatable bonds is 5. The zero-order chi connectivity index (χ0) is 24.6. The van der Waals surface area contributed by atoms with Crippen molar-refractivity contribution in [3.63, 3.8) is 0 Å². The van der Waals surface area contributed by atoms with Gasteiger partial charge in [-0.15, -0.1) is 0 Å². The van der Waals surface area contributed by atoms with E-state index in [0.29, 0.717) is 0 Å². The standard InChI is InChI=1S/C23H11F6NO4/c24-13-4-2-1-3-11(13)16-8-14(31)12-7-10(5-6-15(12)34-16)30-17(32)9-33-23-21(28)19(26)18(25)20(27)22(23)29/h1-8H,9H2,(H,30,32). The van der Waals surface area contributed by atoms with Crippen molar-refractivity contribution in [3.8, 4) is 17.1 Å². The van der Waals surface area contributed by atoms with E-state index in [-0.39, 0.29) is 28.0 Å². The molecule has 0 spiro atoms. The minimum absolute atomic E-state index is 0.0106. The normalized spacial score (nSPS) is 11.0. The fraction of sp³-hybridized carbons (Fsp3) is 0.0435. The van der Waals surface area contributed by atoms with Crippen LogP contribution in [0, 0.1) is 34.9 Å². The van der Waals surface area contributed by atoms with E-state index in [0.717, 1.165) is 6.07 Å². The van der Waals surface area contributed by atoms with Gasteiger partial charge in [0, 0.05) is 11.8 Å². The second-order valence-electron chi connectivity index (χ2n) is 6.90. The molecule has 1 N–H and O–H groups in total. The second kappa shape index (κ2) is 8.93. The molecule has 0 bridgehead atoms. The van der Waals surface area contributed by atoms with Gasteiger partial charge in [0.15, 0.2) is 17.8 Å². The Morgan fingerprint density at radius 3 is 2.18 bits per heavy atom. The molecule has 4 rings (SSSR count). The number of anilines is 1. The predicted octanol–water partition coefficient (Wildman–Crippen LogP) is 5.31. The molecule has 3 aromatic carbocycles. The van der Waals surface area contributed by atoms with Crippen LogP contribution < -0.4 is 15.5 Å². The smallest absolute Gasteiger partial charge is 0.262 e. The summed E-state index contributed by atoms with van der Waals surface area (Å²) in [4.78, 5) is 24.6. The molecule has 34 heavy (non-hydrogen) atoms. The Bertz CT molecular complexity index is 1470. The summed E-state index contributed by atoms with van der Waals surface area (Å²) in [6.07, 6.45) is 0. The van der Waals surface area contributed by atoms with Gasteiger partial charge in [0.2, 0.25) is 29.1 Å². The third-order valence-electron chi connectivity index (χ3n) is 4.67. The first-order valence-electron chi connectivity index (χ1n) is 9.44. The fourth-order valence-electron chi connectivity index (χ4n) is 3.07. The van der Waals surface area contributed by atoms with Crippen LogP contribution in [0.2, 0.25) is 0 Å². The molecule has 0 saturated heterocycles. The number of fused-ring (bicyclic) bond motifs is 1. The van der Waals surface area contributed by atoms with E-state index in [1.54, 1.807) is 6.07 Å². The largest absolute Gasteiger partial charge is 0.477 e. The van der Waals surface area contributed by atoms with Gasteiger partial charge in [-0.2, -0.15) is 8.78 Å². The second-order valence-corrected chi connectivity index (χ2v) is 6.90. The third kappa shape index (κ3) is 4.19. The van der Waals surface area contributed by atoms with Gasteiger partial charge in [0.05, 0.1) is 10.9 Å². The molecule has 0 aliphatic heterocycles. The van der Waals surface area contributed by atoms with Gasteiger partial charge in [-0.25, -0.2) is 17.6 Å². The van der Waals surface area contributed by atoms with Crippen LogP contribution in [0.15, 0.2) is 57.7 Å². The Kier molecular flexibility index (Phi) is 6.01. The zero-order valence-electron chi connectivity index (χ0n) is 16.7. The minimum atomic E-state index is -2.36. The van der Waals surface area contributed by atoms with E-state index in [2.05, 4.69) is 10.1 Å². The summed E-state index contributed by atoms with van der Waals surface area (Å²) in [5.41, 5.74) is -0.344. The van der Waals surface area contributed by atoms with Gasteiger partial charge in [-0.05, 0) is 30.3 Å². The quantitative estimate of drug-likeness (QED) is 0.239. The molecular formula is C23H11F6NO4. The maximum atomic E-state index is 14.0. The monoisotopic (exact) mass is 479 g/mol. The van der Waals surface area contributed by atoms with Crippen LogP contribution >= 0.6 is 0 Å². The Hall–Kier alpha value is -4.28. The average Bonchev–Trinajstić information content (AvgIpc) is 2.82. The highest BCUT2D eigenvalue weighted by molar-refractivity contribution is 5.94. The van der Waals surface area contributed by atoms with E-state index in [4.69, 9.17) is 4.42 Å². The van der Waals surface area contributed by atoms with Gasteiger partial charge in [0.1, 0.15) is 17.2 Å². The van der Waals surface area contributed by atoms with E-state index in [1.807, 2.05) is 0 Å². The summed E-state index contributed by atoms with van der Waals surface area (Å²) in [7, 11) is 0. The van der Waals surface area contributed by atoms with Crippen molar-refractivity contribution in [3.05, 3.63) is 93.7 Å². The van der Waals surface area contributed by atoms with Crippen molar-refractivity contribution < 1.29 is 40.3 Å². The van der Waals surface area contributed by atoms with E-state index in [9.17, 15) is 35.9 Å². The molecule has 0 saturated carbocycles. The maximum absolute atomic E-state index is 14.0. The average molecular weight is 479 g/mol. The summed E-state index contributed by atoms with van der Waals surface area (Å²) in [5.74, 6) is -14.5. The van der Waals surface area contributed by atoms with Crippen LogP contribution in [-0.2, 0) is 4.79 Å². The molecule has 0 aliphatic rings. The predicted molar refractivity (Wildman–Crippen MR) is 108 cm³/mol. The fourth-order valence-corrected chi connectivity index (χ4v) is 3.07. The number of halogens is 6. The molecule has 174 valence electrons. The lowest BCUT2D eigenvalue weighted by atomic mass is 10.1. The van der Waals surface area contributed by atoms with Crippen molar-refractivity contribution >= 4 is 22.6 Å². The van der Waals surface area contributed by atoms with Crippen molar-refractivity contribution in [2.75, 3.05) is 11.9 Å². The summed E-state index contributed by atoms with van der Waals surface area (Å²) in [5, 5.41) is 2.28. The van der Waals surface area contributed by atoms with Crippen LogP contribution in [0.5, 0.6) is 5.75 Å². The van der Waals surface area contributed by atoms with Gasteiger partial charge in [-0.3, -0.25) is 9.59 Å². The number of amides is 1. The summed E-state index contributed by atoms with van der Waals surface area (Å²) in [6, 6.07) is 10.6. The molecule has 4 aromatic rings. The van der Waals surface area contributed by atoms with Crippen molar-refractivity contribution in [1.29, 1.82) is 0 Å². The van der Waals surface area contributed by atoms with Crippen LogP contribution in [0.4, 0.5) is 32.0 Å². The van der Waals surface area contributed by atoms with Gasteiger partial charge in [-0.1, -0.05) is 12.1 Å². The zero-order valence-corrected chi connectivity index (χ0v) is 16.7. The van der Waals surface area contributed by atoms with E-state index >= 15 is 0 Å². The lowest BCUT2D eigenvalue weighted by molar-refractivity contribution is -0.118. The number of carbonyl (C=O) groups is 1. The topological polar surface area (TPSA) is 68.5 Å². The van der Waals surface area contributed by atoms with Crippen LogP contribution in [-0.4, -0.2) is 12.5 Å². The Morgan fingerprint density at radius 1 is 0.853 bits per heavy atom. The Morgan fingerprint density at radius 2 is 1.50 bits per heavy atom. The minimum Gasteiger partial charge on any atom is -0.477 e. The van der Waals surface area contributed by atoms with Crippen molar-refractivity contribution in [1.82, 2.24) is 0 Å². The molecule has 1 aromatic heterocycles. The number of benzene rings is 3. The van der Waals surface area contributed by atoms with Crippen LogP contribution in [0.1, 0.15) is 0 Å². The number of hydrogen-bond donors (Lipinski definition) is 1. The van der Waals surface area contributed by atoms with E-state index < -0.39 is 58.6 Å². The molecule has 0 radical (unpaired) electrons. The summed E-state index contributed by atoms with van der Waals surface area (Å²) in [6.45, 7) is -1.10. The van der Waals surface area contributed by atoms with Gasteiger partial charge >= 0.3 is 0 Å². The first-order chi connectivity index (χ1) is 16.2. The number of ether oxygens (including phenoxy) is 1. The molecule has 11 heteroatoms. The first kappa shape index (κ1) is 22.9. The van der Waals surface area contributed by atoms with Gasteiger partial charge in [0.25, 0.3) is 5.91 Å². The Labute approximate surface area is 186 Å². The molecule has 0 atom stereocenters. The van der Waals surface area contributed by atoms with Crippen molar-refractivity contribution in [2.24, 2.45) is 0 Å². The highest BCUT2D eigenvalue weighted by Crippen LogP contribution is 2.29. The van der Waals surface area contributed by atoms with Crippen molar-refractivity contribution in [2.45, 2.75) is 0 Å². The number of nitrogens with one attached hydrogen (secondary N) is 1. The molecule has 0 fully saturated rings. The van der Waals surface area contributed by atoms with E-state index in [1.165, 1.54) is 36.4 Å². The lowest BCUT2D eigenvalue weighted by Gasteiger charge is -2.11. The Balaban J connectivity index is 1.54. The number of carbonyl (C=O) groups excluding carboxylic acids is 1. The highest BCUT2D eigenvalue weighted by Gasteiger charge is 2.27. The maximum Gasteiger partial charge on any atom is 0.262 e. The lowest BCUT2D eigenvalue weighted by Crippen LogP contribution is -2.21. The van der Waals surface area contributed by atoms with Crippen LogP contribution in [0.3, 0.4) is 0 Å². The molecule has 0 aliphatic carbocycles. The summed E-state index contributed by atoms with van der Waals surface area (Å²) >= 11 is 0. The molecule has 0 unspecified atom stereocenters. The van der Waals surface area contributed by atoms with Gasteiger partial charge < -0.3 is 14.5 Å². The molecule has 1 amide bonds. The highest BCUT2D eigenvalue weighted by atomic mass is 19.2. The molecular weight excluding hydrogens is 468 g/mol. The summed E-state index contributed by atoms with van der Waals surface area (Å²) < 4.78 is 90.8. The first-order valence-corrected chi connectivity index (χ1v) is 9.44. The molecule has 1 heterocycles. The third-order valence-corrected chi connectivity index (χ3v) is 4.67. The molecule has 5 nitrogen and oxygen atoms in total. The van der Waals surface area contributed by atoms with Crippen LogP contribution in [0.25, 0.3) is 22.3 Å².